The van der Waals surface area contributed by atoms with E-state index < -0.39 is 0 Å². The van der Waals surface area contributed by atoms with Crippen molar-refractivity contribution in [2.45, 2.75) is 0 Å². The van der Waals surface area contributed by atoms with E-state index in [0.717, 1.165) is 60.6 Å². The molecule has 182 valence electrons. The Bertz CT molecular complexity index is 2390. The minimum Gasteiger partial charge on any atom is -0.455 e. The van der Waals surface area contributed by atoms with E-state index in [9.17, 15) is 0 Å². The van der Waals surface area contributed by atoms with Crippen LogP contribution in [0.2, 0.25) is 0 Å². The Labute approximate surface area is 222 Å². The summed E-state index contributed by atoms with van der Waals surface area (Å²) >= 11 is 0. The van der Waals surface area contributed by atoms with Crippen molar-refractivity contribution in [3.63, 3.8) is 0 Å². The van der Waals surface area contributed by atoms with Gasteiger partial charge in [0.25, 0.3) is 0 Å². The SMILES string of the molecule is c1ccc(-n2c3ccccc3c3cc(-c4cc5ncoc5c5c4ccc4c6ccccc6oc45)ccc32)cc1. The Morgan fingerprint density at radius 2 is 1.33 bits per heavy atom. The third-order valence-electron chi connectivity index (χ3n) is 7.94. The van der Waals surface area contributed by atoms with Crippen LogP contribution in [0.25, 0.3) is 82.4 Å². The second kappa shape index (κ2) is 7.59. The molecule has 0 N–H and O–H groups in total. The van der Waals surface area contributed by atoms with Crippen LogP contribution < -0.4 is 0 Å². The second-order valence-electron chi connectivity index (χ2n) is 10.0. The molecule has 0 aliphatic rings. The van der Waals surface area contributed by atoms with Crippen molar-refractivity contribution in [3.05, 3.63) is 122 Å². The van der Waals surface area contributed by atoms with Crippen LogP contribution in [0, 0.1) is 0 Å². The molecule has 0 saturated carbocycles. The molecule has 0 spiro atoms. The summed E-state index contributed by atoms with van der Waals surface area (Å²) in [5.41, 5.74) is 9.02. The number of rotatable bonds is 2. The molecule has 0 amide bonds. The number of hydrogen-bond donors (Lipinski definition) is 0. The fourth-order valence-corrected chi connectivity index (χ4v) is 6.23. The number of para-hydroxylation sites is 3. The first kappa shape index (κ1) is 20.7. The predicted octanol–water partition coefficient (Wildman–Crippen LogP) is 9.64. The fourth-order valence-electron chi connectivity index (χ4n) is 6.23. The molecule has 39 heavy (non-hydrogen) atoms. The maximum Gasteiger partial charge on any atom is 0.182 e. The largest absolute Gasteiger partial charge is 0.455 e. The van der Waals surface area contributed by atoms with E-state index in [1.165, 1.54) is 28.2 Å². The van der Waals surface area contributed by atoms with Crippen molar-refractivity contribution < 1.29 is 8.83 Å². The Kier molecular flexibility index (Phi) is 4.02. The number of hydrogen-bond acceptors (Lipinski definition) is 3. The summed E-state index contributed by atoms with van der Waals surface area (Å²) in [5.74, 6) is 0. The topological polar surface area (TPSA) is 44.1 Å². The zero-order chi connectivity index (χ0) is 25.5. The molecular weight excluding hydrogens is 480 g/mol. The second-order valence-corrected chi connectivity index (χ2v) is 10.0. The first-order chi connectivity index (χ1) is 19.3. The number of nitrogens with zero attached hydrogens (tertiary/aromatic N) is 2. The van der Waals surface area contributed by atoms with E-state index >= 15 is 0 Å². The zero-order valence-corrected chi connectivity index (χ0v) is 20.8. The molecule has 9 rings (SSSR count). The van der Waals surface area contributed by atoms with Crippen LogP contribution in [0.4, 0.5) is 0 Å². The maximum absolute atomic E-state index is 6.42. The molecule has 0 bridgehead atoms. The Morgan fingerprint density at radius 1 is 0.564 bits per heavy atom. The molecule has 3 heterocycles. The zero-order valence-electron chi connectivity index (χ0n) is 20.8. The number of aromatic nitrogens is 2. The standard InChI is InChI=1S/C35H20N2O2/c1-2-8-22(9-3-1)37-30-12-6-4-10-23(30)28-18-21(14-17-31(28)37)27-19-29-35(38-20-36-29)33-25(27)15-16-26-24-11-5-7-13-32(24)39-34(26)33/h1-20H. The van der Waals surface area contributed by atoms with Gasteiger partial charge in [0.15, 0.2) is 12.0 Å². The molecule has 4 heteroatoms. The summed E-state index contributed by atoms with van der Waals surface area (Å²) in [6, 6.07) is 40.5. The smallest absolute Gasteiger partial charge is 0.182 e. The van der Waals surface area contributed by atoms with Gasteiger partial charge in [0.05, 0.1) is 16.4 Å². The number of benzene rings is 6. The highest BCUT2D eigenvalue weighted by Gasteiger charge is 2.19. The van der Waals surface area contributed by atoms with Crippen molar-refractivity contribution in [2.24, 2.45) is 0 Å². The van der Waals surface area contributed by atoms with Crippen molar-refractivity contribution in [1.29, 1.82) is 0 Å². The van der Waals surface area contributed by atoms with Gasteiger partial charge in [-0.2, -0.15) is 0 Å². The average molecular weight is 501 g/mol. The van der Waals surface area contributed by atoms with Crippen LogP contribution in [0.3, 0.4) is 0 Å². The molecule has 0 unspecified atom stereocenters. The van der Waals surface area contributed by atoms with Crippen LogP contribution in [0.15, 0.2) is 130 Å². The highest BCUT2D eigenvalue weighted by Crippen LogP contribution is 2.43. The average Bonchev–Trinajstić information content (AvgIpc) is 3.70. The van der Waals surface area contributed by atoms with Gasteiger partial charge in [-0.15, -0.1) is 0 Å². The lowest BCUT2D eigenvalue weighted by Gasteiger charge is -2.10. The minimum absolute atomic E-state index is 0.750. The van der Waals surface area contributed by atoms with Gasteiger partial charge in [0, 0.05) is 27.2 Å². The van der Waals surface area contributed by atoms with E-state index in [4.69, 9.17) is 8.83 Å². The Hall–Kier alpha value is -5.35. The summed E-state index contributed by atoms with van der Waals surface area (Å²) in [6.07, 6.45) is 1.52. The minimum atomic E-state index is 0.750. The Balaban J connectivity index is 1.38. The van der Waals surface area contributed by atoms with Gasteiger partial charge >= 0.3 is 0 Å². The molecule has 6 aromatic carbocycles. The molecule has 0 aliphatic heterocycles. The van der Waals surface area contributed by atoms with Gasteiger partial charge in [-0.25, -0.2) is 4.98 Å². The van der Waals surface area contributed by atoms with E-state index in [-0.39, 0.29) is 0 Å². The molecule has 0 fully saturated rings. The first-order valence-electron chi connectivity index (χ1n) is 13.0. The van der Waals surface area contributed by atoms with Crippen LogP contribution >= 0.6 is 0 Å². The molecule has 4 nitrogen and oxygen atoms in total. The highest BCUT2D eigenvalue weighted by molar-refractivity contribution is 6.24. The molecule has 0 aliphatic carbocycles. The van der Waals surface area contributed by atoms with Crippen LogP contribution in [0.1, 0.15) is 0 Å². The van der Waals surface area contributed by atoms with E-state index in [1.807, 2.05) is 18.2 Å². The quantitative estimate of drug-likeness (QED) is 0.237. The summed E-state index contributed by atoms with van der Waals surface area (Å²) < 4.78 is 14.7. The molecule has 0 radical (unpaired) electrons. The third kappa shape index (κ3) is 2.80. The molecular formula is C35H20N2O2. The van der Waals surface area contributed by atoms with Crippen LogP contribution in [0.5, 0.6) is 0 Å². The van der Waals surface area contributed by atoms with Gasteiger partial charge in [-0.05, 0) is 65.0 Å². The maximum atomic E-state index is 6.42. The van der Waals surface area contributed by atoms with Crippen molar-refractivity contribution in [2.75, 3.05) is 0 Å². The summed E-state index contributed by atoms with van der Waals surface area (Å²) in [6.45, 7) is 0. The fraction of sp³-hybridized carbons (Fsp3) is 0. The van der Waals surface area contributed by atoms with Crippen molar-refractivity contribution in [1.82, 2.24) is 9.55 Å². The summed E-state index contributed by atoms with van der Waals surface area (Å²) in [4.78, 5) is 4.56. The lowest BCUT2D eigenvalue weighted by molar-refractivity contribution is 0.604. The summed E-state index contributed by atoms with van der Waals surface area (Å²) in [7, 11) is 0. The summed E-state index contributed by atoms with van der Waals surface area (Å²) in [5, 5.41) is 6.66. The van der Waals surface area contributed by atoms with Crippen molar-refractivity contribution >= 4 is 65.6 Å². The van der Waals surface area contributed by atoms with Crippen LogP contribution in [-0.4, -0.2) is 9.55 Å². The lowest BCUT2D eigenvalue weighted by atomic mass is 9.95. The normalized spacial score (nSPS) is 12.1. The van der Waals surface area contributed by atoms with Gasteiger partial charge in [0.1, 0.15) is 16.7 Å². The molecule has 0 saturated heterocycles. The van der Waals surface area contributed by atoms with Gasteiger partial charge in [0.2, 0.25) is 0 Å². The number of oxazole rings is 1. The van der Waals surface area contributed by atoms with E-state index in [2.05, 4.69) is 107 Å². The van der Waals surface area contributed by atoms with Gasteiger partial charge in [-0.1, -0.05) is 66.7 Å². The van der Waals surface area contributed by atoms with E-state index in [1.54, 1.807) is 0 Å². The molecule has 9 aromatic rings. The monoisotopic (exact) mass is 500 g/mol. The number of furan rings is 1. The van der Waals surface area contributed by atoms with Gasteiger partial charge < -0.3 is 13.4 Å². The van der Waals surface area contributed by atoms with E-state index in [0.29, 0.717) is 0 Å². The third-order valence-corrected chi connectivity index (χ3v) is 7.94. The molecule has 0 atom stereocenters. The lowest BCUT2D eigenvalue weighted by Crippen LogP contribution is -1.92. The number of fused-ring (bicyclic) bond motifs is 10. The predicted molar refractivity (Wildman–Crippen MR) is 159 cm³/mol. The highest BCUT2D eigenvalue weighted by atomic mass is 16.3. The molecule has 3 aromatic heterocycles. The Morgan fingerprint density at radius 3 is 2.26 bits per heavy atom. The van der Waals surface area contributed by atoms with Crippen LogP contribution in [-0.2, 0) is 0 Å². The first-order valence-corrected chi connectivity index (χ1v) is 13.0. The van der Waals surface area contributed by atoms with Crippen molar-refractivity contribution in [3.8, 4) is 16.8 Å². The van der Waals surface area contributed by atoms with Gasteiger partial charge in [-0.3, -0.25) is 0 Å².